The van der Waals surface area contributed by atoms with Crippen molar-refractivity contribution in [1.29, 1.82) is 5.26 Å². The van der Waals surface area contributed by atoms with E-state index in [2.05, 4.69) is 16.7 Å². The standard InChI is InChI=1S/C20H26N4O3/c1-15(25)22-12-6-5-11-18(20(27)24-13-7-10-17(24)14-21)23-19(26)16-8-3-2-4-9-16/h2-4,8-9,17-18H,5-7,10-13H2,1H3,(H,22,25)(H,23,26)/t17-,18-/m0/s1. The average Bonchev–Trinajstić information content (AvgIpc) is 3.15. The second-order valence-corrected chi connectivity index (χ2v) is 6.69. The fraction of sp³-hybridized carbons (Fsp3) is 0.500. The van der Waals surface area contributed by atoms with Gasteiger partial charge in [-0.1, -0.05) is 18.2 Å². The van der Waals surface area contributed by atoms with E-state index in [1.54, 1.807) is 29.2 Å². The number of nitriles is 1. The topological polar surface area (TPSA) is 102 Å². The minimum absolute atomic E-state index is 0.0889. The van der Waals surface area contributed by atoms with Gasteiger partial charge in [-0.15, -0.1) is 0 Å². The first-order chi connectivity index (χ1) is 13.0. The van der Waals surface area contributed by atoms with Gasteiger partial charge in [-0.2, -0.15) is 5.26 Å². The second kappa shape index (κ2) is 10.3. The van der Waals surface area contributed by atoms with Crippen LogP contribution in [0.2, 0.25) is 0 Å². The lowest BCUT2D eigenvalue weighted by Crippen LogP contribution is -2.49. The van der Waals surface area contributed by atoms with Gasteiger partial charge in [-0.25, -0.2) is 0 Å². The fourth-order valence-electron chi connectivity index (χ4n) is 3.19. The third kappa shape index (κ3) is 6.10. The van der Waals surface area contributed by atoms with Crippen molar-refractivity contribution in [2.45, 2.75) is 51.1 Å². The number of rotatable bonds is 8. The lowest BCUT2D eigenvalue weighted by Gasteiger charge is -2.26. The predicted octanol–water partition coefficient (Wildman–Crippen LogP) is 1.61. The maximum absolute atomic E-state index is 12.9. The van der Waals surface area contributed by atoms with Crippen molar-refractivity contribution in [2.24, 2.45) is 0 Å². The first kappa shape index (κ1) is 20.4. The molecule has 1 heterocycles. The molecule has 1 aliphatic rings. The van der Waals surface area contributed by atoms with Gasteiger partial charge < -0.3 is 15.5 Å². The van der Waals surface area contributed by atoms with Gasteiger partial charge in [0.2, 0.25) is 11.8 Å². The molecule has 7 heteroatoms. The summed E-state index contributed by atoms with van der Waals surface area (Å²) in [5.41, 5.74) is 0.492. The third-order valence-corrected chi connectivity index (χ3v) is 4.62. The van der Waals surface area contributed by atoms with Crippen molar-refractivity contribution in [3.05, 3.63) is 35.9 Å². The van der Waals surface area contributed by atoms with Gasteiger partial charge >= 0.3 is 0 Å². The lowest BCUT2D eigenvalue weighted by atomic mass is 10.1. The molecular formula is C20H26N4O3. The maximum atomic E-state index is 12.9. The molecule has 0 aliphatic carbocycles. The summed E-state index contributed by atoms with van der Waals surface area (Å²) in [4.78, 5) is 38.0. The molecular weight excluding hydrogens is 344 g/mol. The lowest BCUT2D eigenvalue weighted by molar-refractivity contribution is -0.133. The number of hydrogen-bond donors (Lipinski definition) is 2. The molecule has 0 saturated carbocycles. The van der Waals surface area contributed by atoms with Crippen LogP contribution in [0.1, 0.15) is 49.4 Å². The van der Waals surface area contributed by atoms with Gasteiger partial charge in [-0.05, 0) is 44.2 Å². The molecule has 1 aliphatic heterocycles. The van der Waals surface area contributed by atoms with Crippen molar-refractivity contribution >= 4 is 17.7 Å². The Kier molecular flexibility index (Phi) is 7.80. The van der Waals surface area contributed by atoms with E-state index in [0.717, 1.165) is 6.42 Å². The monoisotopic (exact) mass is 370 g/mol. The summed E-state index contributed by atoms with van der Waals surface area (Å²) < 4.78 is 0. The van der Waals surface area contributed by atoms with Gasteiger partial charge in [0, 0.05) is 25.6 Å². The van der Waals surface area contributed by atoms with Crippen LogP contribution in [0.15, 0.2) is 30.3 Å². The molecule has 1 aromatic carbocycles. The number of amides is 3. The molecule has 1 saturated heterocycles. The Hall–Kier alpha value is -2.88. The van der Waals surface area contributed by atoms with E-state index >= 15 is 0 Å². The van der Waals surface area contributed by atoms with Crippen molar-refractivity contribution in [3.8, 4) is 6.07 Å². The largest absolute Gasteiger partial charge is 0.356 e. The van der Waals surface area contributed by atoms with Crippen LogP contribution in [-0.4, -0.2) is 47.8 Å². The van der Waals surface area contributed by atoms with E-state index in [-0.39, 0.29) is 17.7 Å². The average molecular weight is 370 g/mol. The van der Waals surface area contributed by atoms with Gasteiger partial charge in [0.1, 0.15) is 12.1 Å². The van der Waals surface area contributed by atoms with E-state index in [9.17, 15) is 19.6 Å². The van der Waals surface area contributed by atoms with Crippen LogP contribution >= 0.6 is 0 Å². The molecule has 0 unspecified atom stereocenters. The van der Waals surface area contributed by atoms with E-state index in [4.69, 9.17) is 0 Å². The number of likely N-dealkylation sites (tertiary alicyclic amines) is 1. The molecule has 2 atom stereocenters. The van der Waals surface area contributed by atoms with Crippen LogP contribution in [0.5, 0.6) is 0 Å². The van der Waals surface area contributed by atoms with Crippen molar-refractivity contribution in [2.75, 3.05) is 13.1 Å². The highest BCUT2D eigenvalue weighted by Gasteiger charge is 2.33. The third-order valence-electron chi connectivity index (χ3n) is 4.62. The Balaban J connectivity index is 2.01. The Labute approximate surface area is 159 Å². The molecule has 144 valence electrons. The highest BCUT2D eigenvalue weighted by atomic mass is 16.2. The number of hydrogen-bond acceptors (Lipinski definition) is 4. The quantitative estimate of drug-likeness (QED) is 0.679. The highest BCUT2D eigenvalue weighted by molar-refractivity contribution is 5.97. The number of nitrogens with one attached hydrogen (secondary N) is 2. The second-order valence-electron chi connectivity index (χ2n) is 6.69. The smallest absolute Gasteiger partial charge is 0.251 e. The molecule has 0 radical (unpaired) electrons. The van der Waals surface area contributed by atoms with Gasteiger partial charge in [0.05, 0.1) is 6.07 Å². The summed E-state index contributed by atoms with van der Waals surface area (Å²) in [5.74, 6) is -0.597. The molecule has 1 fully saturated rings. The summed E-state index contributed by atoms with van der Waals surface area (Å²) in [6.07, 6.45) is 3.32. The molecule has 2 rings (SSSR count). The van der Waals surface area contributed by atoms with E-state index in [0.29, 0.717) is 44.3 Å². The summed E-state index contributed by atoms with van der Waals surface area (Å²) in [6.45, 7) is 2.54. The summed E-state index contributed by atoms with van der Waals surface area (Å²) in [6, 6.07) is 9.82. The first-order valence-corrected chi connectivity index (χ1v) is 9.33. The number of carbonyl (C=O) groups excluding carboxylic acids is 3. The summed E-state index contributed by atoms with van der Waals surface area (Å²) in [7, 11) is 0. The van der Waals surface area contributed by atoms with Gasteiger partial charge in [-0.3, -0.25) is 14.4 Å². The zero-order valence-corrected chi connectivity index (χ0v) is 15.6. The van der Waals surface area contributed by atoms with Crippen molar-refractivity contribution < 1.29 is 14.4 Å². The highest BCUT2D eigenvalue weighted by Crippen LogP contribution is 2.19. The summed E-state index contributed by atoms with van der Waals surface area (Å²) >= 11 is 0. The van der Waals surface area contributed by atoms with Crippen LogP contribution in [0, 0.1) is 11.3 Å². The van der Waals surface area contributed by atoms with Crippen LogP contribution in [0.4, 0.5) is 0 Å². The number of carbonyl (C=O) groups is 3. The number of unbranched alkanes of at least 4 members (excludes halogenated alkanes) is 1. The van der Waals surface area contributed by atoms with E-state index in [1.807, 2.05) is 6.07 Å². The molecule has 2 N–H and O–H groups in total. The molecule has 0 bridgehead atoms. The normalized spacial score (nSPS) is 17.0. The molecule has 3 amide bonds. The number of benzene rings is 1. The van der Waals surface area contributed by atoms with Crippen LogP contribution in [-0.2, 0) is 9.59 Å². The molecule has 27 heavy (non-hydrogen) atoms. The minimum atomic E-state index is -0.677. The van der Waals surface area contributed by atoms with Gasteiger partial charge in [0.15, 0.2) is 0 Å². The minimum Gasteiger partial charge on any atom is -0.356 e. The van der Waals surface area contributed by atoms with Crippen LogP contribution < -0.4 is 10.6 Å². The molecule has 0 aromatic heterocycles. The zero-order valence-electron chi connectivity index (χ0n) is 15.6. The number of nitrogens with zero attached hydrogens (tertiary/aromatic N) is 2. The molecule has 0 spiro atoms. The Morgan fingerprint density at radius 1 is 1.26 bits per heavy atom. The van der Waals surface area contributed by atoms with Crippen molar-refractivity contribution in [1.82, 2.24) is 15.5 Å². The van der Waals surface area contributed by atoms with E-state index < -0.39 is 12.1 Å². The Morgan fingerprint density at radius 2 is 2.00 bits per heavy atom. The SMILES string of the molecule is CC(=O)NCCCC[C@H](NC(=O)c1ccccc1)C(=O)N1CCC[C@H]1C#N. The maximum Gasteiger partial charge on any atom is 0.251 e. The van der Waals surface area contributed by atoms with Crippen molar-refractivity contribution in [3.63, 3.8) is 0 Å². The Bertz CT molecular complexity index is 699. The van der Waals surface area contributed by atoms with Crippen LogP contribution in [0.25, 0.3) is 0 Å². The fourth-order valence-corrected chi connectivity index (χ4v) is 3.19. The van der Waals surface area contributed by atoms with Gasteiger partial charge in [0.25, 0.3) is 5.91 Å². The molecule has 7 nitrogen and oxygen atoms in total. The van der Waals surface area contributed by atoms with Crippen LogP contribution in [0.3, 0.4) is 0 Å². The first-order valence-electron chi connectivity index (χ1n) is 9.33. The molecule has 1 aromatic rings. The predicted molar refractivity (Wildman–Crippen MR) is 101 cm³/mol. The van der Waals surface area contributed by atoms with E-state index in [1.165, 1.54) is 6.92 Å². The summed E-state index contributed by atoms with van der Waals surface area (Å²) in [5, 5.41) is 14.8. The Morgan fingerprint density at radius 3 is 2.67 bits per heavy atom. The zero-order chi connectivity index (χ0) is 19.6.